The summed E-state index contributed by atoms with van der Waals surface area (Å²) in [5.41, 5.74) is 0. The Bertz CT molecular complexity index is 8.00. The van der Waals surface area contributed by atoms with E-state index in [1.807, 2.05) is 0 Å². The van der Waals surface area contributed by atoms with E-state index in [1.165, 1.54) is 0 Å². The summed E-state index contributed by atoms with van der Waals surface area (Å²) in [7, 11) is 0. The predicted molar refractivity (Wildman–Crippen MR) is 21.0 cm³/mol. The molecule has 0 aliphatic rings. The zero-order valence-corrected chi connectivity index (χ0v) is 12.4. The zero-order chi connectivity index (χ0) is 0. The van der Waals surface area contributed by atoms with Crippen LogP contribution in [0.3, 0.4) is 0 Å². The molecule has 0 aromatic carbocycles. The maximum Gasteiger partial charge on any atom is 0 e. The minimum Gasteiger partial charge on any atom is 0 e. The van der Waals surface area contributed by atoms with Crippen molar-refractivity contribution in [2.45, 2.75) is 0 Å². The van der Waals surface area contributed by atoms with Crippen LogP contribution in [0, 0.1) is 0 Å². The summed E-state index contributed by atoms with van der Waals surface area (Å²) in [4.78, 5) is 0. The first-order chi connectivity index (χ1) is 0. The molecular weight excluding hydrogens is 269 g/mol. The monoisotopic (exact) mass is 273 g/mol. The summed E-state index contributed by atoms with van der Waals surface area (Å²) in [6, 6.07) is 0. The van der Waals surface area contributed by atoms with Crippen molar-refractivity contribution in [1.82, 2.24) is 0 Å². The zero-order valence-electron chi connectivity index (χ0n) is 2.57. The van der Waals surface area contributed by atoms with E-state index < -0.39 is 0 Å². The van der Waals surface area contributed by atoms with Crippen molar-refractivity contribution in [2.75, 3.05) is 0 Å². The first kappa shape index (κ1) is 31.9. The van der Waals surface area contributed by atoms with Gasteiger partial charge in [0.05, 0.1) is 0 Å². The first-order valence-corrected chi connectivity index (χ1v) is 0. The molecule has 0 amide bonds. The molecule has 0 aromatic rings. The van der Waals surface area contributed by atoms with E-state index in [4.69, 9.17) is 0 Å². The van der Waals surface area contributed by atoms with Gasteiger partial charge in [0.15, 0.2) is 0 Å². The molecule has 0 saturated heterocycles. The molecule has 0 saturated carbocycles. The number of hydrogen-bond donors (Lipinski definition) is 0. The Kier molecular flexibility index (Phi) is 143. The fraction of sp³-hybridized carbons (Fsp3) is 0. The van der Waals surface area contributed by atoms with Gasteiger partial charge in [-0.3, -0.25) is 0 Å². The van der Waals surface area contributed by atoms with Gasteiger partial charge in [-0.2, -0.15) is 9.90 Å². The van der Waals surface area contributed by atoms with Crippen molar-refractivity contribution >= 4 is 34.3 Å². The van der Waals surface area contributed by atoms with Crippen LogP contribution in [0.5, 0.6) is 0 Å². The molecule has 0 fully saturated rings. The van der Waals surface area contributed by atoms with Crippen LogP contribution in [-0.4, -0.2) is 24.4 Å². The molecule has 23 valence electrons. The van der Waals surface area contributed by atoms with Crippen molar-refractivity contribution in [3.05, 3.63) is 0 Å². The largest absolute Gasteiger partial charge is 0 e. The summed E-state index contributed by atoms with van der Waals surface area (Å²) in [6.07, 6.45) is 0. The van der Waals surface area contributed by atoms with E-state index in [0.29, 0.717) is 0 Å². The summed E-state index contributed by atoms with van der Waals surface area (Å²) in [6.45, 7) is 0. The molecule has 4 heavy (non-hydrogen) atoms. The second-order valence-corrected chi connectivity index (χ2v) is 0. The van der Waals surface area contributed by atoms with Gasteiger partial charge in [0, 0.05) is 38.0 Å². The normalized spacial score (nSPS) is 0. The molecule has 1 unspecified atom stereocenters. The second kappa shape index (κ2) is 18.0. The third-order valence-electron chi connectivity index (χ3n) is 0. The molecule has 0 spiro atoms. The van der Waals surface area contributed by atoms with Crippen molar-refractivity contribution in [3.8, 4) is 0 Å². The van der Waals surface area contributed by atoms with Gasteiger partial charge < -0.3 is 0 Å². The fourth-order valence-corrected chi connectivity index (χ4v) is 0. The molecule has 0 aliphatic carbocycles. The third-order valence-corrected chi connectivity index (χ3v) is 0. The molecule has 0 aromatic heterocycles. The van der Waals surface area contributed by atoms with E-state index in [-0.39, 0.29) is 72.4 Å². The SMILES string of the molecule is P.[SbH3].[V].[Zn]. The first-order valence-electron chi connectivity index (χ1n) is 0. The van der Waals surface area contributed by atoms with Gasteiger partial charge in [-0.15, -0.1) is 0 Å². The Balaban J connectivity index is 0. The standard InChI is InChI=1S/H3P.Sb.V.Zn.3H/h1H3;;;;;;. The van der Waals surface area contributed by atoms with Gasteiger partial charge in [-0.25, -0.2) is 0 Å². The van der Waals surface area contributed by atoms with Gasteiger partial charge >= 0.3 is 24.4 Å². The van der Waals surface area contributed by atoms with Crippen LogP contribution in [0.4, 0.5) is 0 Å². The summed E-state index contributed by atoms with van der Waals surface area (Å²) in [5, 5.41) is 0. The van der Waals surface area contributed by atoms with Crippen molar-refractivity contribution in [1.29, 1.82) is 0 Å². The van der Waals surface area contributed by atoms with E-state index in [9.17, 15) is 0 Å². The molecule has 0 nitrogen and oxygen atoms in total. The van der Waals surface area contributed by atoms with Crippen LogP contribution in [0.15, 0.2) is 0 Å². The van der Waals surface area contributed by atoms with E-state index in [0.717, 1.165) is 0 Å². The molecule has 0 bridgehead atoms. The number of hydrogen-bond acceptors (Lipinski definition) is 0. The topological polar surface area (TPSA) is 0 Å². The van der Waals surface area contributed by atoms with E-state index in [2.05, 4.69) is 0 Å². The average Bonchev–Trinajstić information content (AvgIpc) is 0. The third kappa shape index (κ3) is 8.82. The summed E-state index contributed by atoms with van der Waals surface area (Å²) < 4.78 is 0. The second-order valence-electron chi connectivity index (χ2n) is 0. The molecule has 4 heteroatoms. The van der Waals surface area contributed by atoms with Crippen LogP contribution in [0.25, 0.3) is 0 Å². The molecule has 1 radical (unpaired) electrons. The van der Waals surface area contributed by atoms with Crippen molar-refractivity contribution < 1.29 is 38.0 Å². The van der Waals surface area contributed by atoms with E-state index in [1.54, 1.807) is 0 Å². The Morgan fingerprint density at radius 2 is 1.00 bits per heavy atom. The molecule has 0 N–H and O–H groups in total. The van der Waals surface area contributed by atoms with Gasteiger partial charge in [0.25, 0.3) is 0 Å². The smallest absolute Gasteiger partial charge is 0 e. The maximum absolute atomic E-state index is 0. The Hall–Kier alpha value is 2.46. The van der Waals surface area contributed by atoms with Crippen LogP contribution in [-0.2, 0) is 38.0 Å². The van der Waals surface area contributed by atoms with Crippen LogP contribution in [0.1, 0.15) is 0 Å². The molecule has 0 aliphatic heterocycles. The Morgan fingerprint density at radius 3 is 1.00 bits per heavy atom. The number of rotatable bonds is 0. The quantitative estimate of drug-likeness (QED) is 0.388. The predicted octanol–water partition coefficient (Wildman–Crippen LogP) is -1.13. The van der Waals surface area contributed by atoms with Gasteiger partial charge in [-0.1, -0.05) is 0 Å². The summed E-state index contributed by atoms with van der Waals surface area (Å²) in [5.74, 6) is 0. The average molecular weight is 275 g/mol. The molecule has 0 rings (SSSR count). The summed E-state index contributed by atoms with van der Waals surface area (Å²) >= 11 is 0. The van der Waals surface area contributed by atoms with Crippen LogP contribution >= 0.6 is 9.90 Å². The molecule has 0 heterocycles. The van der Waals surface area contributed by atoms with Crippen LogP contribution in [0.2, 0.25) is 0 Å². The van der Waals surface area contributed by atoms with Crippen molar-refractivity contribution in [3.63, 3.8) is 0 Å². The van der Waals surface area contributed by atoms with E-state index >= 15 is 0 Å². The minimum absolute atomic E-state index is 0. The fourth-order valence-electron chi connectivity index (χ4n) is 0. The van der Waals surface area contributed by atoms with Gasteiger partial charge in [-0.05, 0) is 0 Å². The maximum atomic E-state index is 0. The van der Waals surface area contributed by atoms with Crippen molar-refractivity contribution in [2.24, 2.45) is 0 Å². The van der Waals surface area contributed by atoms with Gasteiger partial charge in [0.1, 0.15) is 0 Å². The van der Waals surface area contributed by atoms with Gasteiger partial charge in [0.2, 0.25) is 0 Å². The van der Waals surface area contributed by atoms with Crippen LogP contribution < -0.4 is 0 Å². The Morgan fingerprint density at radius 1 is 1.00 bits per heavy atom. The molecule has 1 atom stereocenters. The Labute approximate surface area is 71.6 Å². The molecular formula is H6PSbVZn. The minimum atomic E-state index is 0.